The average Bonchev–Trinajstić information content (AvgIpc) is 2.20. The predicted octanol–water partition coefficient (Wildman–Crippen LogP) is 1.91. The Balaban J connectivity index is 4.41. The van der Waals surface area contributed by atoms with Crippen LogP contribution in [0.1, 0.15) is 40.5 Å². The van der Waals surface area contributed by atoms with Crippen LogP contribution in [0.25, 0.3) is 0 Å². The van der Waals surface area contributed by atoms with Gasteiger partial charge in [-0.1, -0.05) is 12.2 Å². The van der Waals surface area contributed by atoms with Crippen LogP contribution in [0.4, 0.5) is 0 Å². The SMILES string of the molecule is CC(=O)C(CC=CCC(C(C)=O)C(C)=O)C(C)=O. The topological polar surface area (TPSA) is 68.3 Å². The van der Waals surface area contributed by atoms with Gasteiger partial charge in [-0.3, -0.25) is 19.2 Å². The van der Waals surface area contributed by atoms with Crippen molar-refractivity contribution in [1.82, 2.24) is 0 Å². The van der Waals surface area contributed by atoms with Gasteiger partial charge in [-0.2, -0.15) is 0 Å². The van der Waals surface area contributed by atoms with Crippen LogP contribution in [0.2, 0.25) is 0 Å². The molecule has 0 aromatic carbocycles. The summed E-state index contributed by atoms with van der Waals surface area (Å²) in [7, 11) is 0. The Bertz CT molecular complexity index is 315. The summed E-state index contributed by atoms with van der Waals surface area (Å²) in [6.45, 7) is 5.53. The van der Waals surface area contributed by atoms with Gasteiger partial charge in [-0.05, 0) is 40.5 Å². The van der Waals surface area contributed by atoms with Crippen molar-refractivity contribution in [1.29, 1.82) is 0 Å². The van der Waals surface area contributed by atoms with Crippen LogP contribution >= 0.6 is 0 Å². The summed E-state index contributed by atoms with van der Waals surface area (Å²) in [6, 6.07) is 0. The molecule has 0 fully saturated rings. The lowest BCUT2D eigenvalue weighted by Gasteiger charge is -2.08. The van der Waals surface area contributed by atoms with E-state index in [0.29, 0.717) is 12.8 Å². The second-order valence-corrected chi connectivity index (χ2v) is 4.49. The number of allylic oxidation sites excluding steroid dienone is 2. The van der Waals surface area contributed by atoms with Gasteiger partial charge in [0.25, 0.3) is 0 Å². The highest BCUT2D eigenvalue weighted by atomic mass is 16.2. The van der Waals surface area contributed by atoms with Crippen LogP contribution in [-0.4, -0.2) is 23.1 Å². The first-order chi connectivity index (χ1) is 8.27. The fourth-order valence-electron chi connectivity index (χ4n) is 1.70. The Morgan fingerprint density at radius 2 is 0.889 bits per heavy atom. The molecule has 0 aliphatic carbocycles. The van der Waals surface area contributed by atoms with Crippen LogP contribution in [0.5, 0.6) is 0 Å². The quantitative estimate of drug-likeness (QED) is 0.489. The first-order valence-electron chi connectivity index (χ1n) is 5.94. The number of carbonyl (C=O) groups excluding carboxylic acids is 4. The minimum Gasteiger partial charge on any atom is -0.299 e. The summed E-state index contributed by atoms with van der Waals surface area (Å²) in [5.74, 6) is -1.89. The van der Waals surface area contributed by atoms with Gasteiger partial charge in [0.05, 0.1) is 11.8 Å². The lowest BCUT2D eigenvalue weighted by molar-refractivity contribution is -0.131. The van der Waals surface area contributed by atoms with Crippen molar-refractivity contribution in [3.8, 4) is 0 Å². The van der Waals surface area contributed by atoms with Gasteiger partial charge in [0.1, 0.15) is 23.1 Å². The third-order valence-corrected chi connectivity index (χ3v) is 2.87. The largest absolute Gasteiger partial charge is 0.299 e. The number of hydrogen-bond acceptors (Lipinski definition) is 4. The molecule has 0 amide bonds. The summed E-state index contributed by atoms with van der Waals surface area (Å²) in [6.07, 6.45) is 4.03. The molecule has 0 aromatic heterocycles. The van der Waals surface area contributed by atoms with E-state index in [1.807, 2.05) is 0 Å². The molecule has 0 saturated carbocycles. The highest BCUT2D eigenvalue weighted by Gasteiger charge is 2.19. The summed E-state index contributed by atoms with van der Waals surface area (Å²) >= 11 is 0. The van der Waals surface area contributed by atoms with E-state index in [1.165, 1.54) is 27.7 Å². The molecule has 4 nitrogen and oxygen atoms in total. The van der Waals surface area contributed by atoms with E-state index in [4.69, 9.17) is 0 Å². The molecule has 0 atom stereocenters. The van der Waals surface area contributed by atoms with Crippen molar-refractivity contribution in [3.05, 3.63) is 12.2 Å². The van der Waals surface area contributed by atoms with Crippen molar-refractivity contribution >= 4 is 23.1 Å². The van der Waals surface area contributed by atoms with E-state index in [0.717, 1.165) is 0 Å². The molecule has 0 aliphatic heterocycles. The van der Waals surface area contributed by atoms with Gasteiger partial charge < -0.3 is 0 Å². The number of carbonyl (C=O) groups is 4. The zero-order valence-corrected chi connectivity index (χ0v) is 11.4. The zero-order chi connectivity index (χ0) is 14.3. The van der Waals surface area contributed by atoms with Crippen molar-refractivity contribution < 1.29 is 19.2 Å². The molecule has 0 heterocycles. The molecule has 0 N–H and O–H groups in total. The molecule has 0 aromatic rings. The van der Waals surface area contributed by atoms with Gasteiger partial charge in [-0.15, -0.1) is 0 Å². The maximum absolute atomic E-state index is 11.2. The lowest BCUT2D eigenvalue weighted by atomic mass is 9.94. The van der Waals surface area contributed by atoms with Crippen LogP contribution in [0.15, 0.2) is 12.2 Å². The average molecular weight is 252 g/mol. The molecule has 4 heteroatoms. The molecule has 0 rings (SSSR count). The van der Waals surface area contributed by atoms with Crippen LogP contribution in [0, 0.1) is 11.8 Å². The highest BCUT2D eigenvalue weighted by Crippen LogP contribution is 2.11. The van der Waals surface area contributed by atoms with Gasteiger partial charge in [0.2, 0.25) is 0 Å². The predicted molar refractivity (Wildman–Crippen MR) is 68.1 cm³/mol. The van der Waals surface area contributed by atoms with Crippen LogP contribution < -0.4 is 0 Å². The van der Waals surface area contributed by atoms with Gasteiger partial charge in [0, 0.05) is 0 Å². The third-order valence-electron chi connectivity index (χ3n) is 2.87. The summed E-state index contributed by atoms with van der Waals surface area (Å²) in [5.41, 5.74) is 0. The van der Waals surface area contributed by atoms with Gasteiger partial charge >= 0.3 is 0 Å². The molecule has 0 aliphatic rings. The number of rotatable bonds is 8. The molecule has 0 bridgehead atoms. The van der Waals surface area contributed by atoms with E-state index >= 15 is 0 Å². The Hall–Kier alpha value is -1.58. The first-order valence-corrected chi connectivity index (χ1v) is 5.94. The summed E-state index contributed by atoms with van der Waals surface area (Å²) in [4.78, 5) is 44.7. The number of Topliss-reactive ketones (excluding diaryl/α,β-unsaturated/α-hetero) is 4. The molecular weight excluding hydrogens is 232 g/mol. The lowest BCUT2D eigenvalue weighted by Crippen LogP contribution is -2.19. The van der Waals surface area contributed by atoms with E-state index in [1.54, 1.807) is 12.2 Å². The van der Waals surface area contributed by atoms with Gasteiger partial charge in [-0.25, -0.2) is 0 Å². The second kappa shape index (κ2) is 7.69. The molecule has 0 unspecified atom stereocenters. The highest BCUT2D eigenvalue weighted by molar-refractivity contribution is 6.01. The fraction of sp³-hybridized carbons (Fsp3) is 0.571. The Morgan fingerprint density at radius 3 is 1.06 bits per heavy atom. The minimum absolute atomic E-state index is 0.165. The molecular formula is C14H20O4. The first kappa shape index (κ1) is 16.4. The van der Waals surface area contributed by atoms with Crippen molar-refractivity contribution in [2.45, 2.75) is 40.5 Å². The third kappa shape index (κ3) is 5.66. The minimum atomic E-state index is -0.616. The van der Waals surface area contributed by atoms with Crippen LogP contribution in [-0.2, 0) is 19.2 Å². The number of hydrogen-bond donors (Lipinski definition) is 0. The summed E-state index contributed by atoms with van der Waals surface area (Å²) in [5, 5.41) is 0. The smallest absolute Gasteiger partial charge is 0.140 e. The second-order valence-electron chi connectivity index (χ2n) is 4.49. The van der Waals surface area contributed by atoms with E-state index in [2.05, 4.69) is 0 Å². The summed E-state index contributed by atoms with van der Waals surface area (Å²) < 4.78 is 0. The maximum atomic E-state index is 11.2. The molecule has 18 heavy (non-hydrogen) atoms. The molecule has 0 spiro atoms. The number of ketones is 4. The zero-order valence-electron chi connectivity index (χ0n) is 11.4. The standard InChI is InChI=1S/C14H20O4/c1-9(15)13(10(2)16)7-5-6-8-14(11(3)17)12(4)18/h5-6,13-14H,7-8H2,1-4H3. The van der Waals surface area contributed by atoms with E-state index < -0.39 is 11.8 Å². The monoisotopic (exact) mass is 252 g/mol. The fourth-order valence-corrected chi connectivity index (χ4v) is 1.70. The Morgan fingerprint density at radius 1 is 0.667 bits per heavy atom. The van der Waals surface area contributed by atoms with Crippen LogP contribution in [0.3, 0.4) is 0 Å². The normalized spacial score (nSPS) is 11.2. The molecule has 0 saturated heterocycles. The van der Waals surface area contributed by atoms with Crippen molar-refractivity contribution in [3.63, 3.8) is 0 Å². The van der Waals surface area contributed by atoms with E-state index in [9.17, 15) is 19.2 Å². The molecule has 0 radical (unpaired) electrons. The van der Waals surface area contributed by atoms with Gasteiger partial charge in [0.15, 0.2) is 0 Å². The Kier molecular flexibility index (Phi) is 7.01. The van der Waals surface area contributed by atoms with E-state index in [-0.39, 0.29) is 23.1 Å². The maximum Gasteiger partial charge on any atom is 0.140 e. The van der Waals surface area contributed by atoms with Crippen molar-refractivity contribution in [2.75, 3.05) is 0 Å². The Labute approximate surface area is 107 Å². The molecule has 100 valence electrons. The van der Waals surface area contributed by atoms with Crippen molar-refractivity contribution in [2.24, 2.45) is 11.8 Å².